The number of rotatable bonds is 5. The van der Waals surface area contributed by atoms with Crippen LogP contribution in [0.15, 0.2) is 0 Å². The van der Waals surface area contributed by atoms with Crippen molar-refractivity contribution >= 4 is 15.9 Å². The van der Waals surface area contributed by atoms with Crippen LogP contribution in [-0.2, 0) is 14.8 Å². The van der Waals surface area contributed by atoms with Crippen molar-refractivity contribution in [2.75, 3.05) is 12.3 Å². The fourth-order valence-electron chi connectivity index (χ4n) is 3.01. The molecule has 2 unspecified atom stereocenters. The van der Waals surface area contributed by atoms with Gasteiger partial charge < -0.3 is 10.6 Å². The number of hydrogen-bond acceptors (Lipinski definition) is 4. The number of hydrogen-bond donors (Lipinski definition) is 3. The van der Waals surface area contributed by atoms with Crippen molar-refractivity contribution in [1.82, 2.24) is 10.6 Å². The Bertz CT molecular complexity index is 398. The van der Waals surface area contributed by atoms with E-state index in [1.54, 1.807) is 0 Å². The van der Waals surface area contributed by atoms with Crippen molar-refractivity contribution in [1.29, 1.82) is 0 Å². The van der Waals surface area contributed by atoms with Gasteiger partial charge in [-0.15, -0.1) is 0 Å². The third kappa shape index (κ3) is 4.22. The van der Waals surface area contributed by atoms with E-state index in [-0.39, 0.29) is 18.2 Å². The highest BCUT2D eigenvalue weighted by Gasteiger charge is 2.34. The molecule has 2 aliphatic rings. The summed E-state index contributed by atoms with van der Waals surface area (Å²) in [5.74, 6) is 0.166. The van der Waals surface area contributed by atoms with Gasteiger partial charge in [-0.25, -0.2) is 13.6 Å². The number of carbonyl (C=O) groups excluding carboxylic acids is 1. The first-order valence-electron chi connectivity index (χ1n) is 6.45. The Morgan fingerprint density at radius 1 is 1.28 bits per heavy atom. The number of fused-ring (bicyclic) bond motifs is 2. The molecule has 2 saturated heterocycles. The summed E-state index contributed by atoms with van der Waals surface area (Å²) in [7, 11) is -3.49. The molecule has 1 amide bonds. The van der Waals surface area contributed by atoms with E-state index < -0.39 is 10.0 Å². The van der Waals surface area contributed by atoms with E-state index in [4.69, 9.17) is 5.14 Å². The number of nitrogens with one attached hydrogen (secondary N) is 2. The molecule has 2 atom stereocenters. The van der Waals surface area contributed by atoms with Crippen LogP contribution in [0.4, 0.5) is 0 Å². The molecular formula is C11H21N3O3S. The lowest BCUT2D eigenvalue weighted by Crippen LogP contribution is -2.40. The van der Waals surface area contributed by atoms with E-state index in [0.717, 1.165) is 12.8 Å². The molecule has 2 heterocycles. The average molecular weight is 275 g/mol. The lowest BCUT2D eigenvalue weighted by Gasteiger charge is -2.28. The third-order valence-corrected chi connectivity index (χ3v) is 4.53. The maximum atomic E-state index is 11.7. The average Bonchev–Trinajstić information content (AvgIpc) is 2.56. The molecule has 4 N–H and O–H groups in total. The molecule has 2 aliphatic heterocycles. The summed E-state index contributed by atoms with van der Waals surface area (Å²) in [4.78, 5) is 11.7. The van der Waals surface area contributed by atoms with Crippen LogP contribution < -0.4 is 15.8 Å². The fraction of sp³-hybridized carbons (Fsp3) is 0.909. The maximum Gasteiger partial charge on any atom is 0.220 e. The van der Waals surface area contributed by atoms with Crippen molar-refractivity contribution in [2.24, 2.45) is 11.1 Å². The van der Waals surface area contributed by atoms with Crippen LogP contribution in [-0.4, -0.2) is 38.7 Å². The van der Waals surface area contributed by atoms with Crippen LogP contribution in [0.1, 0.15) is 32.1 Å². The summed E-state index contributed by atoms with van der Waals surface area (Å²) in [6, 6.07) is 1.15. The van der Waals surface area contributed by atoms with Gasteiger partial charge in [0.25, 0.3) is 0 Å². The normalized spacial score (nSPS) is 31.3. The molecular weight excluding hydrogens is 254 g/mol. The summed E-state index contributed by atoms with van der Waals surface area (Å²) in [6.07, 6.45) is 5.04. The molecule has 0 aromatic rings. The second-order valence-corrected chi connectivity index (χ2v) is 7.13. The smallest absolute Gasteiger partial charge is 0.220 e. The minimum atomic E-state index is -3.49. The standard InChI is InChI=1S/C11H21N3O3S/c12-18(16,17)4-3-13-11(15)7-8-5-9-1-2-10(6-8)14-9/h8-10,14H,1-7H2,(H,13,15)(H2,12,16,17). The van der Waals surface area contributed by atoms with Crippen LogP contribution in [0.3, 0.4) is 0 Å². The SMILES string of the molecule is NS(=O)(=O)CCNC(=O)CC1CC2CCC(C1)N2. The zero-order chi connectivity index (χ0) is 13.2. The number of piperidine rings is 1. The van der Waals surface area contributed by atoms with Crippen molar-refractivity contribution in [3.05, 3.63) is 0 Å². The van der Waals surface area contributed by atoms with Crippen LogP contribution in [0.2, 0.25) is 0 Å². The van der Waals surface area contributed by atoms with Gasteiger partial charge in [0, 0.05) is 25.0 Å². The number of nitrogens with two attached hydrogens (primary N) is 1. The topological polar surface area (TPSA) is 101 Å². The molecule has 0 radical (unpaired) electrons. The zero-order valence-corrected chi connectivity index (χ0v) is 11.2. The van der Waals surface area contributed by atoms with E-state index in [9.17, 15) is 13.2 Å². The first kappa shape index (κ1) is 13.8. The first-order valence-corrected chi connectivity index (χ1v) is 8.17. The Kier molecular flexibility index (Phi) is 4.24. The van der Waals surface area contributed by atoms with Crippen molar-refractivity contribution in [2.45, 2.75) is 44.2 Å². The van der Waals surface area contributed by atoms with Crippen LogP contribution in [0, 0.1) is 5.92 Å². The second-order valence-electron chi connectivity index (χ2n) is 5.40. The molecule has 0 spiro atoms. The van der Waals surface area contributed by atoms with Gasteiger partial charge in [0.2, 0.25) is 15.9 Å². The highest BCUT2D eigenvalue weighted by Crippen LogP contribution is 2.32. The van der Waals surface area contributed by atoms with Crippen LogP contribution >= 0.6 is 0 Å². The summed E-state index contributed by atoms with van der Waals surface area (Å²) in [5.41, 5.74) is 0. The lowest BCUT2D eigenvalue weighted by molar-refractivity contribution is -0.122. The Morgan fingerprint density at radius 3 is 2.44 bits per heavy atom. The van der Waals surface area contributed by atoms with Gasteiger partial charge in [0.05, 0.1) is 5.75 Å². The van der Waals surface area contributed by atoms with Crippen LogP contribution in [0.5, 0.6) is 0 Å². The second kappa shape index (κ2) is 5.54. The Morgan fingerprint density at radius 2 is 1.89 bits per heavy atom. The summed E-state index contributed by atoms with van der Waals surface area (Å²) in [6.45, 7) is 0.107. The van der Waals surface area contributed by atoms with E-state index >= 15 is 0 Å². The molecule has 0 aliphatic carbocycles. The third-order valence-electron chi connectivity index (χ3n) is 3.75. The number of carbonyl (C=O) groups is 1. The minimum absolute atomic E-state index is 0.0649. The first-order chi connectivity index (χ1) is 8.42. The van der Waals surface area contributed by atoms with E-state index in [0.29, 0.717) is 24.4 Å². The molecule has 2 fully saturated rings. The molecule has 0 aromatic heterocycles. The van der Waals surface area contributed by atoms with E-state index in [2.05, 4.69) is 10.6 Å². The summed E-state index contributed by atoms with van der Waals surface area (Å²) < 4.78 is 21.4. The van der Waals surface area contributed by atoms with Gasteiger partial charge in [-0.05, 0) is 31.6 Å². The molecule has 2 rings (SSSR count). The summed E-state index contributed by atoms with van der Waals surface area (Å²) in [5, 5.41) is 11.0. The van der Waals surface area contributed by atoms with Crippen LogP contribution in [0.25, 0.3) is 0 Å². The van der Waals surface area contributed by atoms with Gasteiger partial charge in [-0.3, -0.25) is 4.79 Å². The van der Waals surface area contributed by atoms with Crippen molar-refractivity contribution < 1.29 is 13.2 Å². The number of primary sulfonamides is 1. The highest BCUT2D eigenvalue weighted by atomic mass is 32.2. The molecule has 0 aromatic carbocycles. The van der Waals surface area contributed by atoms with E-state index in [1.807, 2.05) is 0 Å². The predicted octanol–water partition coefficient (Wildman–Crippen LogP) is -0.688. The van der Waals surface area contributed by atoms with Crippen molar-refractivity contribution in [3.8, 4) is 0 Å². The van der Waals surface area contributed by atoms with Gasteiger partial charge in [-0.2, -0.15) is 0 Å². The van der Waals surface area contributed by atoms with Gasteiger partial charge in [-0.1, -0.05) is 0 Å². The minimum Gasteiger partial charge on any atom is -0.355 e. The largest absolute Gasteiger partial charge is 0.355 e. The number of amides is 1. The quantitative estimate of drug-likeness (QED) is 0.618. The fourth-order valence-corrected chi connectivity index (χ4v) is 3.40. The molecule has 2 bridgehead atoms. The lowest BCUT2D eigenvalue weighted by atomic mass is 9.89. The zero-order valence-electron chi connectivity index (χ0n) is 10.4. The molecule has 0 saturated carbocycles. The Balaban J connectivity index is 1.68. The van der Waals surface area contributed by atoms with Gasteiger partial charge in [0.15, 0.2) is 0 Å². The number of sulfonamides is 1. The predicted molar refractivity (Wildman–Crippen MR) is 68.3 cm³/mol. The molecule has 18 heavy (non-hydrogen) atoms. The van der Waals surface area contributed by atoms with Gasteiger partial charge >= 0.3 is 0 Å². The Labute approximate surface area is 108 Å². The highest BCUT2D eigenvalue weighted by molar-refractivity contribution is 7.89. The molecule has 7 heteroatoms. The molecule has 104 valence electrons. The van der Waals surface area contributed by atoms with Gasteiger partial charge in [0.1, 0.15) is 0 Å². The monoisotopic (exact) mass is 275 g/mol. The maximum absolute atomic E-state index is 11.7. The van der Waals surface area contributed by atoms with E-state index in [1.165, 1.54) is 12.8 Å². The molecule has 6 nitrogen and oxygen atoms in total. The summed E-state index contributed by atoms with van der Waals surface area (Å²) >= 11 is 0. The van der Waals surface area contributed by atoms with Crippen molar-refractivity contribution in [3.63, 3.8) is 0 Å². The Hall–Kier alpha value is -0.660.